The second-order valence-corrected chi connectivity index (χ2v) is 13.5. The third-order valence-electron chi connectivity index (χ3n) is 9.97. The summed E-state index contributed by atoms with van der Waals surface area (Å²) in [5.74, 6) is 0. The van der Waals surface area contributed by atoms with E-state index in [9.17, 15) is 0 Å². The van der Waals surface area contributed by atoms with Gasteiger partial charge in [-0.2, -0.15) is 0 Å². The molecule has 2 aromatic heterocycles. The van der Waals surface area contributed by atoms with Crippen LogP contribution in [0.15, 0.2) is 48.8 Å². The third kappa shape index (κ3) is 7.37. The molecule has 4 heteroatoms. The smallest absolute Gasteiger partial charge is 0.0917 e. The molecule has 0 N–H and O–H groups in total. The number of hydrogen-bond acceptors (Lipinski definition) is 4. The molecule has 0 amide bonds. The fourth-order valence-electron chi connectivity index (χ4n) is 7.49. The van der Waals surface area contributed by atoms with Gasteiger partial charge in [-0.3, -0.25) is 9.97 Å². The molecule has 0 atom stereocenters. The number of aryl methyl sites for hydroxylation is 4. The molecule has 0 aliphatic heterocycles. The van der Waals surface area contributed by atoms with Gasteiger partial charge in [-0.15, -0.1) is 0 Å². The molecule has 1 aliphatic rings. The fourth-order valence-corrected chi connectivity index (χ4v) is 7.49. The van der Waals surface area contributed by atoms with E-state index < -0.39 is 0 Å². The van der Waals surface area contributed by atoms with Gasteiger partial charge >= 0.3 is 0 Å². The number of benzene rings is 2. The first-order valence-electron chi connectivity index (χ1n) is 17.8. The Balaban J connectivity index is 1.62. The number of aromatic nitrogens is 4. The first-order chi connectivity index (χ1) is 21.9. The maximum absolute atomic E-state index is 4.97. The van der Waals surface area contributed by atoms with Crippen molar-refractivity contribution in [1.82, 2.24) is 19.9 Å². The molecule has 2 aromatic carbocycles. The van der Waals surface area contributed by atoms with Crippen LogP contribution >= 0.6 is 0 Å². The molecule has 5 rings (SSSR count). The van der Waals surface area contributed by atoms with Crippen LogP contribution in [0.2, 0.25) is 0 Å². The number of fused-ring (bicyclic) bond motifs is 3. The van der Waals surface area contributed by atoms with E-state index in [0.29, 0.717) is 0 Å². The fraction of sp³-hybridized carbons (Fsp3) is 0.512. The molecule has 1 aliphatic carbocycles. The molecule has 4 nitrogen and oxygen atoms in total. The monoisotopic (exact) mass is 602 g/mol. The minimum Gasteiger partial charge on any atom is -0.257 e. The van der Waals surface area contributed by atoms with Crippen molar-refractivity contribution < 1.29 is 0 Å². The van der Waals surface area contributed by atoms with Gasteiger partial charge < -0.3 is 0 Å². The summed E-state index contributed by atoms with van der Waals surface area (Å²) in [6, 6.07) is 14.3. The summed E-state index contributed by atoms with van der Waals surface area (Å²) in [5, 5.41) is 0. The lowest BCUT2D eigenvalue weighted by Gasteiger charge is -2.33. The summed E-state index contributed by atoms with van der Waals surface area (Å²) in [6.45, 7) is 12.9. The first kappa shape index (κ1) is 33.0. The van der Waals surface area contributed by atoms with Gasteiger partial charge in [-0.05, 0) is 74.9 Å². The Hall–Kier alpha value is -3.40. The molecule has 0 saturated carbocycles. The van der Waals surface area contributed by atoms with Crippen LogP contribution in [0.5, 0.6) is 0 Å². The quantitative estimate of drug-likeness (QED) is 0.120. The van der Waals surface area contributed by atoms with Crippen molar-refractivity contribution in [3.63, 3.8) is 0 Å². The van der Waals surface area contributed by atoms with Crippen LogP contribution in [0, 0.1) is 27.7 Å². The van der Waals surface area contributed by atoms with Gasteiger partial charge in [0.25, 0.3) is 0 Å². The average molecular weight is 603 g/mol. The molecule has 0 spiro atoms. The van der Waals surface area contributed by atoms with Crippen molar-refractivity contribution in [3.8, 4) is 33.6 Å². The molecular weight excluding hydrogens is 548 g/mol. The molecule has 4 aromatic rings. The van der Waals surface area contributed by atoms with Crippen LogP contribution in [-0.4, -0.2) is 19.9 Å². The first-order valence-corrected chi connectivity index (χ1v) is 17.8. The predicted molar refractivity (Wildman–Crippen MR) is 190 cm³/mol. The van der Waals surface area contributed by atoms with Crippen molar-refractivity contribution >= 4 is 0 Å². The molecule has 0 saturated heterocycles. The van der Waals surface area contributed by atoms with E-state index in [0.717, 1.165) is 34.2 Å². The second kappa shape index (κ2) is 15.3. The lowest BCUT2D eigenvalue weighted by atomic mass is 9.70. The molecule has 0 fully saturated rings. The van der Waals surface area contributed by atoms with E-state index in [1.807, 2.05) is 26.2 Å². The summed E-state index contributed by atoms with van der Waals surface area (Å²) in [5.41, 5.74) is 14.0. The van der Waals surface area contributed by atoms with Crippen LogP contribution in [0.4, 0.5) is 0 Å². The van der Waals surface area contributed by atoms with Crippen LogP contribution in [-0.2, 0) is 5.41 Å². The van der Waals surface area contributed by atoms with Crippen molar-refractivity contribution in [3.05, 3.63) is 82.7 Å². The topological polar surface area (TPSA) is 51.6 Å². The van der Waals surface area contributed by atoms with E-state index in [-0.39, 0.29) is 5.41 Å². The minimum absolute atomic E-state index is 0.0253. The predicted octanol–water partition coefficient (Wildman–Crippen LogP) is 11.6. The zero-order valence-corrected chi connectivity index (χ0v) is 28.8. The van der Waals surface area contributed by atoms with Gasteiger partial charge in [-0.25, -0.2) is 9.97 Å². The standard InChI is InChI=1S/C41H54N4/c1-7-9-11-13-15-17-23-41(24-18-16-14-12-10-8-2)37-25-33(39-31(5)42-27-29(3)44-39)19-21-35(37)36-22-20-34(26-38(36)41)40-32(6)43-28-30(4)45-40/h19-22,25-28H,7-18,23-24H2,1-6H3. The van der Waals surface area contributed by atoms with Gasteiger partial charge in [0, 0.05) is 28.9 Å². The Kier molecular flexibility index (Phi) is 11.2. The highest BCUT2D eigenvalue weighted by Gasteiger charge is 2.42. The van der Waals surface area contributed by atoms with Crippen molar-refractivity contribution in [2.75, 3.05) is 0 Å². The Morgan fingerprint density at radius 2 is 0.911 bits per heavy atom. The molecule has 45 heavy (non-hydrogen) atoms. The van der Waals surface area contributed by atoms with E-state index in [2.05, 4.69) is 74.1 Å². The Morgan fingerprint density at radius 3 is 1.33 bits per heavy atom. The molecular formula is C41H54N4. The maximum Gasteiger partial charge on any atom is 0.0917 e. The SMILES string of the molecule is CCCCCCCCC1(CCCCCCCC)c2cc(-c3nc(C)cnc3C)ccc2-c2ccc(-c3nc(C)cnc3C)cc21. The van der Waals surface area contributed by atoms with Gasteiger partial charge in [-0.1, -0.05) is 115 Å². The number of unbranched alkanes of at least 4 members (excludes halogenated alkanes) is 10. The van der Waals surface area contributed by atoms with Crippen molar-refractivity contribution in [1.29, 1.82) is 0 Å². The Bertz CT molecular complexity index is 1470. The van der Waals surface area contributed by atoms with Gasteiger partial charge in [0.05, 0.1) is 34.2 Å². The van der Waals surface area contributed by atoms with Gasteiger partial charge in [0.1, 0.15) is 0 Å². The van der Waals surface area contributed by atoms with Crippen LogP contribution < -0.4 is 0 Å². The molecule has 0 bridgehead atoms. The summed E-state index contributed by atoms with van der Waals surface area (Å²) in [7, 11) is 0. The molecule has 0 unspecified atom stereocenters. The minimum atomic E-state index is -0.0253. The molecule has 2 heterocycles. The zero-order valence-electron chi connectivity index (χ0n) is 28.8. The molecule has 0 radical (unpaired) electrons. The maximum atomic E-state index is 4.97. The van der Waals surface area contributed by atoms with Gasteiger partial charge in [0.15, 0.2) is 0 Å². The summed E-state index contributed by atoms with van der Waals surface area (Å²) < 4.78 is 0. The average Bonchev–Trinajstić information content (AvgIpc) is 3.31. The second-order valence-electron chi connectivity index (χ2n) is 13.5. The van der Waals surface area contributed by atoms with Crippen molar-refractivity contribution in [2.45, 2.75) is 137 Å². The van der Waals surface area contributed by atoms with Crippen molar-refractivity contribution in [2.24, 2.45) is 0 Å². The lowest BCUT2D eigenvalue weighted by Crippen LogP contribution is -2.26. The van der Waals surface area contributed by atoms with E-state index in [4.69, 9.17) is 9.97 Å². The normalized spacial score (nSPS) is 13.2. The van der Waals surface area contributed by atoms with Gasteiger partial charge in [0.2, 0.25) is 0 Å². The summed E-state index contributed by atoms with van der Waals surface area (Å²) in [6.07, 6.45) is 21.8. The Morgan fingerprint density at radius 1 is 0.511 bits per heavy atom. The highest BCUT2D eigenvalue weighted by atomic mass is 14.8. The highest BCUT2D eigenvalue weighted by Crippen LogP contribution is 2.55. The largest absolute Gasteiger partial charge is 0.257 e. The number of nitrogens with zero attached hydrogens (tertiary/aromatic N) is 4. The number of rotatable bonds is 16. The van der Waals surface area contributed by atoms with E-state index >= 15 is 0 Å². The summed E-state index contributed by atoms with van der Waals surface area (Å²) >= 11 is 0. The summed E-state index contributed by atoms with van der Waals surface area (Å²) in [4.78, 5) is 19.3. The zero-order chi connectivity index (χ0) is 31.8. The number of hydrogen-bond donors (Lipinski definition) is 0. The highest BCUT2D eigenvalue weighted by molar-refractivity contribution is 5.86. The van der Waals surface area contributed by atoms with E-state index in [1.165, 1.54) is 123 Å². The molecule has 238 valence electrons. The Labute approximate surface area is 272 Å². The van der Waals surface area contributed by atoms with Crippen LogP contribution in [0.25, 0.3) is 33.6 Å². The lowest BCUT2D eigenvalue weighted by molar-refractivity contribution is 0.398. The van der Waals surface area contributed by atoms with E-state index in [1.54, 1.807) is 0 Å². The van der Waals surface area contributed by atoms with Crippen LogP contribution in [0.1, 0.15) is 138 Å². The third-order valence-corrected chi connectivity index (χ3v) is 9.97. The van der Waals surface area contributed by atoms with Crippen LogP contribution in [0.3, 0.4) is 0 Å².